The summed E-state index contributed by atoms with van der Waals surface area (Å²) in [5.41, 5.74) is 0. The maximum atomic E-state index is 13.0. The number of hydrogen-bond donors (Lipinski definition) is 2. The first-order chi connectivity index (χ1) is 41.0. The number of nitrogens with zero attached hydrogens (tertiary/aromatic N) is 1. The molecule has 9 heteroatoms. The molecule has 84 heavy (non-hydrogen) atoms. The Morgan fingerprint density at radius 1 is 0.429 bits per heavy atom. The van der Waals surface area contributed by atoms with Crippen LogP contribution in [0.2, 0.25) is 0 Å². The number of allylic oxidation sites excluding steroid dienone is 13. The van der Waals surface area contributed by atoms with E-state index < -0.39 is 26.6 Å². The van der Waals surface area contributed by atoms with Gasteiger partial charge in [-0.3, -0.25) is 9.36 Å². The quantitative estimate of drug-likeness (QED) is 0.0272. The number of rotatable bonds is 66. The Balaban J connectivity index is 3.96. The Kier molecular flexibility index (Phi) is 63.3. The molecule has 1 amide bonds. The summed E-state index contributed by atoms with van der Waals surface area (Å²) in [4.78, 5) is 25.6. The molecule has 0 aromatic heterocycles. The number of amides is 1. The third-order valence-corrected chi connectivity index (χ3v) is 17.1. The highest BCUT2D eigenvalue weighted by atomic mass is 31.2. The number of carbonyl (C=O) groups excluding carboxylic acids is 1. The molecule has 2 N–H and O–H groups in total. The van der Waals surface area contributed by atoms with Crippen molar-refractivity contribution >= 4 is 13.7 Å². The van der Waals surface area contributed by atoms with Crippen molar-refractivity contribution in [3.63, 3.8) is 0 Å². The topological polar surface area (TPSA) is 108 Å². The molecule has 0 saturated heterocycles. The molecule has 0 heterocycles. The fourth-order valence-electron chi connectivity index (χ4n) is 10.6. The van der Waals surface area contributed by atoms with Gasteiger partial charge in [0.15, 0.2) is 0 Å². The van der Waals surface area contributed by atoms with Crippen LogP contribution in [0.25, 0.3) is 0 Å². The van der Waals surface area contributed by atoms with E-state index >= 15 is 0 Å². The van der Waals surface area contributed by atoms with Crippen molar-refractivity contribution in [3.8, 4) is 0 Å². The number of phosphoric ester groups is 1. The highest BCUT2D eigenvalue weighted by molar-refractivity contribution is 7.45. The zero-order valence-corrected chi connectivity index (χ0v) is 57.0. The van der Waals surface area contributed by atoms with Crippen molar-refractivity contribution in [2.75, 3.05) is 40.9 Å². The van der Waals surface area contributed by atoms with Crippen LogP contribution in [0.15, 0.2) is 85.1 Å². The number of likely N-dealkylation sites (N-methyl/N-ethyl adjacent to an activating group) is 1. The van der Waals surface area contributed by atoms with Crippen LogP contribution in [0.3, 0.4) is 0 Å². The number of hydrogen-bond acceptors (Lipinski definition) is 6. The minimum Gasteiger partial charge on any atom is -0.756 e. The lowest BCUT2D eigenvalue weighted by Gasteiger charge is -2.29. The number of carbonyl (C=O) groups is 1. The number of nitrogens with one attached hydrogen (secondary N) is 1. The van der Waals surface area contributed by atoms with E-state index in [4.69, 9.17) is 9.05 Å². The fourth-order valence-corrected chi connectivity index (χ4v) is 11.3. The molecule has 0 saturated carbocycles. The van der Waals surface area contributed by atoms with Gasteiger partial charge in [0.1, 0.15) is 13.2 Å². The average molecular weight is 1200 g/mol. The van der Waals surface area contributed by atoms with Gasteiger partial charge in [0, 0.05) is 6.42 Å². The van der Waals surface area contributed by atoms with Crippen molar-refractivity contribution in [3.05, 3.63) is 85.1 Å². The Morgan fingerprint density at radius 3 is 1.11 bits per heavy atom. The Labute approximate surface area is 522 Å². The minimum absolute atomic E-state index is 0.00630. The number of aliphatic hydroxyl groups is 1. The Bertz CT molecular complexity index is 1650. The molecular weight excluding hydrogens is 1060 g/mol. The Hall–Kier alpha value is -2.32. The van der Waals surface area contributed by atoms with Crippen LogP contribution in [0.1, 0.15) is 335 Å². The lowest BCUT2D eigenvalue weighted by Crippen LogP contribution is -2.45. The summed E-state index contributed by atoms with van der Waals surface area (Å²) >= 11 is 0. The van der Waals surface area contributed by atoms with Crippen molar-refractivity contribution in [1.29, 1.82) is 0 Å². The van der Waals surface area contributed by atoms with Crippen molar-refractivity contribution < 1.29 is 32.9 Å². The van der Waals surface area contributed by atoms with Crippen LogP contribution in [0.5, 0.6) is 0 Å². The van der Waals surface area contributed by atoms with E-state index in [2.05, 4.69) is 92.1 Å². The van der Waals surface area contributed by atoms with E-state index in [1.807, 2.05) is 27.2 Å². The highest BCUT2D eigenvalue weighted by Gasteiger charge is 2.23. The molecule has 0 aliphatic carbocycles. The molecule has 0 radical (unpaired) electrons. The molecule has 0 aliphatic rings. The maximum absolute atomic E-state index is 13.0. The van der Waals surface area contributed by atoms with Gasteiger partial charge in [0.05, 0.1) is 39.9 Å². The molecule has 3 unspecified atom stereocenters. The van der Waals surface area contributed by atoms with Gasteiger partial charge in [-0.1, -0.05) is 336 Å². The number of aliphatic hydroxyl groups excluding tert-OH is 1. The number of quaternary nitrogens is 1. The summed E-state index contributed by atoms with van der Waals surface area (Å²) in [6, 6.07) is -0.905. The van der Waals surface area contributed by atoms with Crippen molar-refractivity contribution in [2.24, 2.45) is 0 Å². The predicted molar refractivity (Wildman–Crippen MR) is 367 cm³/mol. The van der Waals surface area contributed by atoms with Gasteiger partial charge in [-0.2, -0.15) is 0 Å². The van der Waals surface area contributed by atoms with Crippen molar-refractivity contribution in [1.82, 2.24) is 5.32 Å². The van der Waals surface area contributed by atoms with Gasteiger partial charge in [0.2, 0.25) is 5.91 Å². The molecule has 0 spiro atoms. The van der Waals surface area contributed by atoms with Crippen LogP contribution in [-0.4, -0.2) is 68.5 Å². The van der Waals surface area contributed by atoms with E-state index in [9.17, 15) is 19.4 Å². The fraction of sp³-hybridized carbons (Fsp3) is 0.800. The monoisotopic (exact) mass is 1200 g/mol. The van der Waals surface area contributed by atoms with E-state index in [1.54, 1.807) is 6.08 Å². The largest absolute Gasteiger partial charge is 0.756 e. The first-order valence-corrected chi connectivity index (χ1v) is 37.4. The first kappa shape index (κ1) is 81.7. The SMILES string of the molecule is CC/C=C\C/C=C\C/C=C\C/C=C\C/C=C\CCCCCCCCCCCCCCCCCCCCCCCCCCCC(=O)NC(COP(=O)([O-])OCC[N+](C)(C)C)C(O)/C=C/CC/C=C/CCCCCCCCCCCCCCCCC. The normalized spacial score (nSPS) is 14.1. The molecule has 0 rings (SSSR count). The van der Waals surface area contributed by atoms with E-state index in [1.165, 1.54) is 244 Å². The molecular formula is C75H139N2O6P. The van der Waals surface area contributed by atoms with Gasteiger partial charge in [-0.05, 0) is 77.0 Å². The second kappa shape index (κ2) is 65.1. The van der Waals surface area contributed by atoms with Gasteiger partial charge < -0.3 is 28.8 Å². The highest BCUT2D eigenvalue weighted by Crippen LogP contribution is 2.38. The van der Waals surface area contributed by atoms with E-state index in [-0.39, 0.29) is 12.5 Å². The number of unbranched alkanes of at least 4 members (excludes halogenated alkanes) is 41. The van der Waals surface area contributed by atoms with Gasteiger partial charge in [0.25, 0.3) is 7.82 Å². The molecule has 3 atom stereocenters. The Morgan fingerprint density at radius 2 is 0.738 bits per heavy atom. The molecule has 490 valence electrons. The summed E-state index contributed by atoms with van der Waals surface area (Å²) < 4.78 is 23.4. The van der Waals surface area contributed by atoms with Crippen molar-refractivity contribution in [2.45, 2.75) is 347 Å². The van der Waals surface area contributed by atoms with Crippen LogP contribution in [0, 0.1) is 0 Å². The maximum Gasteiger partial charge on any atom is 0.268 e. The molecule has 0 aromatic carbocycles. The first-order valence-electron chi connectivity index (χ1n) is 35.9. The second-order valence-corrected chi connectivity index (χ2v) is 27.0. The second-order valence-electron chi connectivity index (χ2n) is 25.6. The lowest BCUT2D eigenvalue weighted by atomic mass is 10.0. The third kappa shape index (κ3) is 67.2. The summed E-state index contributed by atoms with van der Waals surface area (Å²) in [6.07, 6.45) is 93.0. The summed E-state index contributed by atoms with van der Waals surface area (Å²) in [6.45, 7) is 4.55. The van der Waals surface area contributed by atoms with Crippen LogP contribution >= 0.6 is 7.82 Å². The van der Waals surface area contributed by atoms with Gasteiger partial charge in [-0.15, -0.1) is 0 Å². The average Bonchev–Trinajstić information content (AvgIpc) is 3.56. The smallest absolute Gasteiger partial charge is 0.268 e. The van der Waals surface area contributed by atoms with Crippen LogP contribution < -0.4 is 10.2 Å². The zero-order chi connectivity index (χ0) is 61.2. The van der Waals surface area contributed by atoms with Crippen LogP contribution in [-0.2, 0) is 18.4 Å². The standard InChI is InChI=1S/C75H139N2O6P/c1-6-8-10-12-14-16-18-20-22-24-26-28-29-30-31-32-33-34-35-36-37-38-39-40-41-42-43-44-45-46-47-49-51-53-55-57-59-61-63-65-67-69-75(79)76-73(72-83-84(80,81)82-71-70-77(3,4)5)74(78)68-66-64-62-60-58-56-54-52-50-48-27-25-23-21-19-17-15-13-11-9-7-2/h8,10,14,16,20,22,26,28,30-31,58,60,66,68,73-74,78H,6-7,9,11-13,15,17-19,21,23-25,27,29,32-57,59,61-65,67,69-72H2,1-5H3,(H-,76,79,80,81)/b10-8-,16-14-,22-20-,28-26-,31-30-,60-58+,68-66+. The zero-order valence-electron chi connectivity index (χ0n) is 56.1. The summed E-state index contributed by atoms with van der Waals surface area (Å²) in [5, 5.41) is 13.9. The van der Waals surface area contributed by atoms with Gasteiger partial charge in [-0.25, -0.2) is 0 Å². The molecule has 0 fully saturated rings. The predicted octanol–water partition coefficient (Wildman–Crippen LogP) is 22.5. The number of phosphoric acid groups is 1. The summed E-state index contributed by atoms with van der Waals surface area (Å²) in [7, 11) is 1.25. The molecule has 8 nitrogen and oxygen atoms in total. The minimum atomic E-state index is -4.61. The molecule has 0 aliphatic heterocycles. The van der Waals surface area contributed by atoms with Gasteiger partial charge >= 0.3 is 0 Å². The van der Waals surface area contributed by atoms with E-state index in [0.717, 1.165) is 70.6 Å². The molecule has 0 bridgehead atoms. The van der Waals surface area contributed by atoms with Crippen LogP contribution in [0.4, 0.5) is 0 Å². The molecule has 0 aromatic rings. The third-order valence-electron chi connectivity index (χ3n) is 16.1. The van der Waals surface area contributed by atoms with E-state index in [0.29, 0.717) is 17.4 Å². The summed E-state index contributed by atoms with van der Waals surface area (Å²) in [5.74, 6) is -0.202. The lowest BCUT2D eigenvalue weighted by molar-refractivity contribution is -0.870.